The summed E-state index contributed by atoms with van der Waals surface area (Å²) in [5.41, 5.74) is 1.61. The van der Waals surface area contributed by atoms with Gasteiger partial charge in [-0.3, -0.25) is 4.79 Å². The summed E-state index contributed by atoms with van der Waals surface area (Å²) in [6.07, 6.45) is 3.98. The minimum atomic E-state index is -0.261. The van der Waals surface area contributed by atoms with Gasteiger partial charge in [-0.1, -0.05) is 25.1 Å². The van der Waals surface area contributed by atoms with Gasteiger partial charge in [0.1, 0.15) is 0 Å². The Labute approximate surface area is 129 Å². The van der Waals surface area contributed by atoms with Crippen molar-refractivity contribution in [2.24, 2.45) is 0 Å². The van der Waals surface area contributed by atoms with Crippen LogP contribution in [0.1, 0.15) is 18.9 Å². The summed E-state index contributed by atoms with van der Waals surface area (Å²) >= 11 is 0. The highest BCUT2D eigenvalue weighted by Gasteiger charge is 2.06. The standard InChI is InChI=1S/C17H20N2O3/c1-2-11-22-17-14(7-8-16(21)18-9-10-20)12-13-5-3-4-6-15(13)19-17/h3-8,12,20H,2,9-11H2,1H3,(H,18,21)/b8-7+. The van der Waals surface area contributed by atoms with E-state index in [9.17, 15) is 4.79 Å². The molecule has 0 aliphatic carbocycles. The maximum atomic E-state index is 11.6. The number of amides is 1. The molecule has 0 radical (unpaired) electrons. The van der Waals surface area contributed by atoms with E-state index >= 15 is 0 Å². The van der Waals surface area contributed by atoms with Crippen molar-refractivity contribution >= 4 is 22.9 Å². The third kappa shape index (κ3) is 4.30. The van der Waals surface area contributed by atoms with Gasteiger partial charge in [0.05, 0.1) is 18.7 Å². The van der Waals surface area contributed by atoms with Gasteiger partial charge in [-0.25, -0.2) is 4.98 Å². The molecule has 1 aromatic carbocycles. The molecular formula is C17H20N2O3. The summed E-state index contributed by atoms with van der Waals surface area (Å²) in [4.78, 5) is 16.1. The van der Waals surface area contributed by atoms with Crippen LogP contribution in [0.4, 0.5) is 0 Å². The summed E-state index contributed by atoms with van der Waals surface area (Å²) in [5.74, 6) is 0.260. The molecule has 1 heterocycles. The van der Waals surface area contributed by atoms with Crippen LogP contribution in [0.2, 0.25) is 0 Å². The molecule has 1 amide bonds. The first-order valence-corrected chi connectivity index (χ1v) is 7.34. The first-order valence-electron chi connectivity index (χ1n) is 7.34. The molecule has 5 nitrogen and oxygen atoms in total. The predicted molar refractivity (Wildman–Crippen MR) is 86.7 cm³/mol. The molecule has 0 atom stereocenters. The molecule has 2 rings (SSSR count). The monoisotopic (exact) mass is 300 g/mol. The topological polar surface area (TPSA) is 71.5 Å². The average Bonchev–Trinajstić information content (AvgIpc) is 2.55. The molecule has 0 aliphatic heterocycles. The van der Waals surface area contributed by atoms with Gasteiger partial charge in [-0.05, 0) is 24.6 Å². The highest BCUT2D eigenvalue weighted by Crippen LogP contribution is 2.23. The molecule has 2 N–H and O–H groups in total. The van der Waals surface area contributed by atoms with Crippen molar-refractivity contribution in [2.75, 3.05) is 19.8 Å². The normalized spacial score (nSPS) is 11.0. The lowest BCUT2D eigenvalue weighted by Crippen LogP contribution is -2.24. The number of para-hydroxylation sites is 1. The van der Waals surface area contributed by atoms with Crippen LogP contribution in [0.15, 0.2) is 36.4 Å². The first-order chi connectivity index (χ1) is 10.7. The van der Waals surface area contributed by atoms with Gasteiger partial charge in [0, 0.05) is 23.6 Å². The van der Waals surface area contributed by atoms with Crippen molar-refractivity contribution in [3.8, 4) is 5.88 Å². The number of hydrogen-bond acceptors (Lipinski definition) is 4. The predicted octanol–water partition coefficient (Wildman–Crippen LogP) is 2.15. The van der Waals surface area contributed by atoms with Gasteiger partial charge < -0.3 is 15.2 Å². The first kappa shape index (κ1) is 16.0. The molecule has 5 heteroatoms. The van der Waals surface area contributed by atoms with Crippen LogP contribution in [0.25, 0.3) is 17.0 Å². The molecule has 116 valence electrons. The third-order valence-electron chi connectivity index (χ3n) is 2.98. The number of aliphatic hydroxyl groups excluding tert-OH is 1. The fourth-order valence-corrected chi connectivity index (χ4v) is 1.95. The Kier molecular flexibility index (Phi) is 5.91. The van der Waals surface area contributed by atoms with Gasteiger partial charge in [-0.2, -0.15) is 0 Å². The Bertz CT molecular complexity index is 668. The number of nitrogens with one attached hydrogen (secondary N) is 1. The van der Waals surface area contributed by atoms with Crippen LogP contribution in [0.3, 0.4) is 0 Å². The van der Waals surface area contributed by atoms with Crippen LogP contribution >= 0.6 is 0 Å². The molecular weight excluding hydrogens is 280 g/mol. The van der Waals surface area contributed by atoms with Crippen LogP contribution < -0.4 is 10.1 Å². The minimum Gasteiger partial charge on any atom is -0.477 e. The summed E-state index contributed by atoms with van der Waals surface area (Å²) in [5, 5.41) is 12.2. The van der Waals surface area contributed by atoms with Crippen LogP contribution in [0, 0.1) is 0 Å². The second-order valence-corrected chi connectivity index (χ2v) is 4.77. The second-order valence-electron chi connectivity index (χ2n) is 4.77. The average molecular weight is 300 g/mol. The molecule has 0 unspecified atom stereocenters. The number of carbonyl (C=O) groups is 1. The fourth-order valence-electron chi connectivity index (χ4n) is 1.95. The lowest BCUT2D eigenvalue weighted by Gasteiger charge is -2.09. The number of aromatic nitrogens is 1. The molecule has 0 bridgehead atoms. The molecule has 0 saturated carbocycles. The highest BCUT2D eigenvalue weighted by molar-refractivity contribution is 5.93. The Balaban J connectivity index is 2.28. The molecule has 1 aromatic heterocycles. The molecule has 0 saturated heterocycles. The Morgan fingerprint density at radius 3 is 3.00 bits per heavy atom. The molecule has 0 aliphatic rings. The van der Waals surface area contributed by atoms with Gasteiger partial charge >= 0.3 is 0 Å². The van der Waals surface area contributed by atoms with Gasteiger partial charge in [-0.15, -0.1) is 0 Å². The number of carbonyl (C=O) groups excluding carboxylic acids is 1. The van der Waals surface area contributed by atoms with Crippen LogP contribution in [0.5, 0.6) is 5.88 Å². The van der Waals surface area contributed by atoms with Gasteiger partial charge in [0.25, 0.3) is 0 Å². The second kappa shape index (κ2) is 8.14. The van der Waals surface area contributed by atoms with Crippen LogP contribution in [-0.2, 0) is 4.79 Å². The minimum absolute atomic E-state index is 0.0814. The maximum Gasteiger partial charge on any atom is 0.244 e. The Morgan fingerprint density at radius 2 is 2.23 bits per heavy atom. The lowest BCUT2D eigenvalue weighted by molar-refractivity contribution is -0.116. The van der Waals surface area contributed by atoms with E-state index in [0.29, 0.717) is 12.5 Å². The number of benzene rings is 1. The number of fused-ring (bicyclic) bond motifs is 1. The van der Waals surface area contributed by atoms with Crippen molar-refractivity contribution in [2.45, 2.75) is 13.3 Å². The number of aliphatic hydroxyl groups is 1. The van der Waals surface area contributed by atoms with Crippen molar-refractivity contribution in [3.63, 3.8) is 0 Å². The van der Waals surface area contributed by atoms with Crippen molar-refractivity contribution in [3.05, 3.63) is 42.0 Å². The molecule has 0 fully saturated rings. The van der Waals surface area contributed by atoms with Crippen molar-refractivity contribution in [1.82, 2.24) is 10.3 Å². The largest absolute Gasteiger partial charge is 0.477 e. The number of rotatable bonds is 7. The van der Waals surface area contributed by atoms with E-state index in [4.69, 9.17) is 9.84 Å². The Hall–Kier alpha value is -2.40. The van der Waals surface area contributed by atoms with Crippen molar-refractivity contribution in [1.29, 1.82) is 0 Å². The van der Waals surface area contributed by atoms with E-state index in [1.807, 2.05) is 37.3 Å². The van der Waals surface area contributed by atoms with Crippen molar-refractivity contribution < 1.29 is 14.6 Å². The summed E-state index contributed by atoms with van der Waals surface area (Å²) < 4.78 is 5.67. The van der Waals surface area contributed by atoms with E-state index in [-0.39, 0.29) is 19.1 Å². The molecule has 2 aromatic rings. The van der Waals surface area contributed by atoms with E-state index in [1.165, 1.54) is 6.08 Å². The van der Waals surface area contributed by atoms with Gasteiger partial charge in [0.15, 0.2) is 0 Å². The number of ether oxygens (including phenoxy) is 1. The zero-order valence-corrected chi connectivity index (χ0v) is 12.6. The quantitative estimate of drug-likeness (QED) is 0.769. The third-order valence-corrected chi connectivity index (χ3v) is 2.98. The maximum absolute atomic E-state index is 11.6. The molecule has 0 spiro atoms. The zero-order valence-electron chi connectivity index (χ0n) is 12.6. The van der Waals surface area contributed by atoms with E-state index in [1.54, 1.807) is 6.08 Å². The Morgan fingerprint density at radius 1 is 1.41 bits per heavy atom. The number of pyridine rings is 1. The highest BCUT2D eigenvalue weighted by atomic mass is 16.5. The van der Waals surface area contributed by atoms with E-state index < -0.39 is 0 Å². The molecule has 22 heavy (non-hydrogen) atoms. The van der Waals surface area contributed by atoms with Gasteiger partial charge in [0.2, 0.25) is 11.8 Å². The van der Waals surface area contributed by atoms with Crippen LogP contribution in [-0.4, -0.2) is 35.8 Å². The summed E-state index contributed by atoms with van der Waals surface area (Å²) in [6.45, 7) is 2.75. The smallest absolute Gasteiger partial charge is 0.244 e. The summed E-state index contributed by atoms with van der Waals surface area (Å²) in [7, 11) is 0. The SMILES string of the molecule is CCCOc1nc2ccccc2cc1/C=C/C(=O)NCCO. The van der Waals surface area contributed by atoms with E-state index in [0.717, 1.165) is 22.9 Å². The summed E-state index contributed by atoms with van der Waals surface area (Å²) in [6, 6.07) is 9.71. The van der Waals surface area contributed by atoms with E-state index in [2.05, 4.69) is 10.3 Å². The zero-order chi connectivity index (χ0) is 15.8. The number of nitrogens with zero attached hydrogens (tertiary/aromatic N) is 1. The fraction of sp³-hybridized carbons (Fsp3) is 0.294. The number of hydrogen-bond donors (Lipinski definition) is 2. The lowest BCUT2D eigenvalue weighted by atomic mass is 10.1.